The zero-order chi connectivity index (χ0) is 11.6. The summed E-state index contributed by atoms with van der Waals surface area (Å²) in [5.74, 6) is 3.44. The van der Waals surface area contributed by atoms with E-state index >= 15 is 0 Å². The molecule has 4 heteroatoms. The summed E-state index contributed by atoms with van der Waals surface area (Å²) in [5, 5.41) is 3.57. The lowest BCUT2D eigenvalue weighted by Crippen LogP contribution is -2.35. The molecule has 1 aliphatic rings. The molecule has 0 aromatic heterocycles. The van der Waals surface area contributed by atoms with Gasteiger partial charge in [0, 0.05) is 25.5 Å². The molecule has 2 atom stereocenters. The summed E-state index contributed by atoms with van der Waals surface area (Å²) in [6, 6.07) is 0.731. The van der Waals surface area contributed by atoms with Crippen LogP contribution in [0.2, 0.25) is 0 Å². The summed E-state index contributed by atoms with van der Waals surface area (Å²) >= 11 is 2.08. The minimum absolute atomic E-state index is 0.708. The van der Waals surface area contributed by atoms with E-state index in [1.165, 1.54) is 24.3 Å². The molecule has 0 bridgehead atoms. The van der Waals surface area contributed by atoms with E-state index in [1.54, 1.807) is 7.11 Å². The zero-order valence-corrected chi connectivity index (χ0v) is 11.4. The monoisotopic (exact) mass is 247 g/mol. The standard InChI is InChI=1S/C12H25NO2S/c1-3-13-12-10-16-9-11(12)5-4-6-15-8-7-14-2/h11-13H,3-10H2,1-2H3. The third-order valence-electron chi connectivity index (χ3n) is 2.96. The highest BCUT2D eigenvalue weighted by Crippen LogP contribution is 2.27. The van der Waals surface area contributed by atoms with Gasteiger partial charge >= 0.3 is 0 Å². The molecule has 1 heterocycles. The molecule has 3 nitrogen and oxygen atoms in total. The topological polar surface area (TPSA) is 30.5 Å². The SMILES string of the molecule is CCNC1CSCC1CCCOCCOC. The molecule has 0 aromatic carbocycles. The highest BCUT2D eigenvalue weighted by atomic mass is 32.2. The largest absolute Gasteiger partial charge is 0.382 e. The maximum atomic E-state index is 5.48. The molecule has 0 spiro atoms. The summed E-state index contributed by atoms with van der Waals surface area (Å²) in [5.41, 5.74) is 0. The quantitative estimate of drug-likeness (QED) is 0.629. The van der Waals surface area contributed by atoms with E-state index in [4.69, 9.17) is 9.47 Å². The lowest BCUT2D eigenvalue weighted by atomic mass is 9.98. The minimum Gasteiger partial charge on any atom is -0.382 e. The first-order valence-corrected chi connectivity index (χ1v) is 7.41. The Morgan fingerprint density at radius 1 is 1.25 bits per heavy atom. The van der Waals surface area contributed by atoms with Gasteiger partial charge in [-0.25, -0.2) is 0 Å². The third kappa shape index (κ3) is 5.53. The van der Waals surface area contributed by atoms with Crippen molar-refractivity contribution in [1.29, 1.82) is 0 Å². The molecule has 1 rings (SSSR count). The molecule has 1 fully saturated rings. The van der Waals surface area contributed by atoms with E-state index in [2.05, 4.69) is 24.0 Å². The van der Waals surface area contributed by atoms with Crippen LogP contribution in [0.1, 0.15) is 19.8 Å². The fourth-order valence-corrected chi connectivity index (χ4v) is 3.54. The fourth-order valence-electron chi connectivity index (χ4n) is 2.06. The van der Waals surface area contributed by atoms with Crippen LogP contribution in [-0.4, -0.2) is 51.0 Å². The Morgan fingerprint density at radius 3 is 2.88 bits per heavy atom. The molecule has 0 aliphatic carbocycles. The summed E-state index contributed by atoms with van der Waals surface area (Å²) in [7, 11) is 1.71. The molecule has 0 amide bonds. The van der Waals surface area contributed by atoms with Gasteiger partial charge in [-0.3, -0.25) is 0 Å². The third-order valence-corrected chi connectivity index (χ3v) is 4.22. The van der Waals surface area contributed by atoms with E-state index in [-0.39, 0.29) is 0 Å². The van der Waals surface area contributed by atoms with Gasteiger partial charge in [0.2, 0.25) is 0 Å². The van der Waals surface area contributed by atoms with Gasteiger partial charge in [-0.1, -0.05) is 6.92 Å². The van der Waals surface area contributed by atoms with Gasteiger partial charge in [0.15, 0.2) is 0 Å². The van der Waals surface area contributed by atoms with Crippen molar-refractivity contribution in [1.82, 2.24) is 5.32 Å². The van der Waals surface area contributed by atoms with Gasteiger partial charge in [-0.05, 0) is 31.1 Å². The maximum Gasteiger partial charge on any atom is 0.0700 e. The van der Waals surface area contributed by atoms with Gasteiger partial charge in [0.05, 0.1) is 13.2 Å². The van der Waals surface area contributed by atoms with Gasteiger partial charge in [-0.15, -0.1) is 0 Å². The Morgan fingerprint density at radius 2 is 2.12 bits per heavy atom. The van der Waals surface area contributed by atoms with Crippen molar-refractivity contribution in [3.8, 4) is 0 Å². The average molecular weight is 247 g/mol. The molecule has 0 aromatic rings. The Kier molecular flexibility index (Phi) is 8.29. The fraction of sp³-hybridized carbons (Fsp3) is 1.00. The van der Waals surface area contributed by atoms with Crippen LogP contribution < -0.4 is 5.32 Å². The molecule has 0 saturated carbocycles. The van der Waals surface area contributed by atoms with Crippen molar-refractivity contribution in [2.75, 3.05) is 45.0 Å². The first kappa shape index (κ1) is 14.3. The molecule has 96 valence electrons. The number of nitrogens with one attached hydrogen (secondary N) is 1. The zero-order valence-electron chi connectivity index (χ0n) is 10.5. The molecule has 1 saturated heterocycles. The van der Waals surface area contributed by atoms with Crippen molar-refractivity contribution in [2.45, 2.75) is 25.8 Å². The van der Waals surface area contributed by atoms with E-state index in [0.717, 1.165) is 31.7 Å². The van der Waals surface area contributed by atoms with Gasteiger partial charge in [-0.2, -0.15) is 11.8 Å². The molecule has 1 aliphatic heterocycles. The van der Waals surface area contributed by atoms with Crippen LogP contribution in [0.15, 0.2) is 0 Å². The lowest BCUT2D eigenvalue weighted by molar-refractivity contribution is 0.0671. The van der Waals surface area contributed by atoms with Crippen LogP contribution in [0.5, 0.6) is 0 Å². The predicted molar refractivity (Wildman–Crippen MR) is 70.2 cm³/mol. The van der Waals surface area contributed by atoms with Crippen molar-refractivity contribution in [3.63, 3.8) is 0 Å². The Hall–Kier alpha value is 0.230. The second-order valence-electron chi connectivity index (χ2n) is 4.21. The number of ether oxygens (including phenoxy) is 2. The van der Waals surface area contributed by atoms with Crippen LogP contribution >= 0.6 is 11.8 Å². The lowest BCUT2D eigenvalue weighted by Gasteiger charge is -2.19. The van der Waals surface area contributed by atoms with Crippen molar-refractivity contribution >= 4 is 11.8 Å². The summed E-state index contributed by atoms with van der Waals surface area (Å²) < 4.78 is 10.4. The molecule has 16 heavy (non-hydrogen) atoms. The first-order chi connectivity index (χ1) is 7.88. The van der Waals surface area contributed by atoms with Crippen molar-refractivity contribution in [3.05, 3.63) is 0 Å². The highest BCUT2D eigenvalue weighted by molar-refractivity contribution is 7.99. The number of methoxy groups -OCH3 is 1. The molecular weight excluding hydrogens is 222 g/mol. The normalized spacial score (nSPS) is 25.1. The molecule has 0 radical (unpaired) electrons. The van der Waals surface area contributed by atoms with Gasteiger partial charge < -0.3 is 14.8 Å². The number of rotatable bonds is 9. The van der Waals surface area contributed by atoms with Crippen LogP contribution in [0.3, 0.4) is 0 Å². The minimum atomic E-state index is 0.708. The van der Waals surface area contributed by atoms with E-state index in [0.29, 0.717) is 6.61 Å². The molecular formula is C12H25NO2S. The second-order valence-corrected chi connectivity index (χ2v) is 5.28. The average Bonchev–Trinajstić information content (AvgIpc) is 2.72. The first-order valence-electron chi connectivity index (χ1n) is 6.26. The number of hydrogen-bond acceptors (Lipinski definition) is 4. The Labute approximate surface area is 104 Å². The van der Waals surface area contributed by atoms with Crippen LogP contribution in [-0.2, 0) is 9.47 Å². The smallest absolute Gasteiger partial charge is 0.0700 e. The van der Waals surface area contributed by atoms with Crippen LogP contribution in [0.25, 0.3) is 0 Å². The van der Waals surface area contributed by atoms with E-state index in [1.807, 2.05) is 0 Å². The maximum absolute atomic E-state index is 5.48. The summed E-state index contributed by atoms with van der Waals surface area (Å²) in [6.45, 7) is 5.59. The predicted octanol–water partition coefficient (Wildman–Crippen LogP) is 1.77. The van der Waals surface area contributed by atoms with Crippen LogP contribution in [0, 0.1) is 5.92 Å². The van der Waals surface area contributed by atoms with E-state index < -0.39 is 0 Å². The van der Waals surface area contributed by atoms with Crippen molar-refractivity contribution < 1.29 is 9.47 Å². The summed E-state index contributed by atoms with van der Waals surface area (Å²) in [6.07, 6.45) is 2.47. The Balaban J connectivity index is 1.99. The second kappa shape index (κ2) is 9.28. The van der Waals surface area contributed by atoms with Gasteiger partial charge in [0.25, 0.3) is 0 Å². The summed E-state index contributed by atoms with van der Waals surface area (Å²) in [4.78, 5) is 0. The molecule has 2 unspecified atom stereocenters. The van der Waals surface area contributed by atoms with Crippen molar-refractivity contribution in [2.24, 2.45) is 5.92 Å². The van der Waals surface area contributed by atoms with E-state index in [9.17, 15) is 0 Å². The molecule has 1 N–H and O–H groups in total. The highest BCUT2D eigenvalue weighted by Gasteiger charge is 2.26. The number of hydrogen-bond donors (Lipinski definition) is 1. The van der Waals surface area contributed by atoms with Gasteiger partial charge in [0.1, 0.15) is 0 Å². The number of thioether (sulfide) groups is 1. The Bertz CT molecular complexity index is 169. The van der Waals surface area contributed by atoms with Crippen LogP contribution in [0.4, 0.5) is 0 Å².